The van der Waals surface area contributed by atoms with Gasteiger partial charge in [-0.05, 0) is 37.5 Å². The summed E-state index contributed by atoms with van der Waals surface area (Å²) in [6.45, 7) is 3.78. The van der Waals surface area contributed by atoms with Crippen molar-refractivity contribution in [1.29, 1.82) is 0 Å². The van der Waals surface area contributed by atoms with E-state index in [-0.39, 0.29) is 0 Å². The summed E-state index contributed by atoms with van der Waals surface area (Å²) in [4.78, 5) is 0. The fourth-order valence-corrected chi connectivity index (χ4v) is 1.98. The number of benzene rings is 1. The van der Waals surface area contributed by atoms with Gasteiger partial charge in [-0.25, -0.2) is 0 Å². The highest BCUT2D eigenvalue weighted by molar-refractivity contribution is 5.58. The second-order valence-electron chi connectivity index (χ2n) is 4.23. The summed E-state index contributed by atoms with van der Waals surface area (Å²) in [7, 11) is 1.71. The van der Waals surface area contributed by atoms with Gasteiger partial charge in [0.05, 0.1) is 12.8 Å². The van der Waals surface area contributed by atoms with Gasteiger partial charge >= 0.3 is 0 Å². The van der Waals surface area contributed by atoms with Gasteiger partial charge in [0.15, 0.2) is 0 Å². The van der Waals surface area contributed by atoms with Crippen molar-refractivity contribution >= 4 is 5.69 Å². The molecule has 2 rings (SSSR count). The van der Waals surface area contributed by atoms with Crippen LogP contribution in [-0.4, -0.2) is 26.4 Å². The van der Waals surface area contributed by atoms with E-state index in [0.29, 0.717) is 6.04 Å². The monoisotopic (exact) mass is 221 g/mol. The van der Waals surface area contributed by atoms with Crippen molar-refractivity contribution in [3.05, 3.63) is 23.8 Å². The molecule has 0 spiro atoms. The average Bonchev–Trinajstić information content (AvgIpc) is 2.33. The number of aryl methyl sites for hydroxylation is 1. The largest absolute Gasteiger partial charge is 0.495 e. The zero-order chi connectivity index (χ0) is 11.4. The summed E-state index contributed by atoms with van der Waals surface area (Å²) < 4.78 is 10.7. The first-order valence-electron chi connectivity index (χ1n) is 5.78. The molecule has 88 valence electrons. The van der Waals surface area contributed by atoms with Crippen molar-refractivity contribution in [3.63, 3.8) is 0 Å². The van der Waals surface area contributed by atoms with Crippen LogP contribution in [0.4, 0.5) is 5.69 Å². The topological polar surface area (TPSA) is 30.5 Å². The van der Waals surface area contributed by atoms with Gasteiger partial charge < -0.3 is 14.8 Å². The molecule has 0 aromatic heterocycles. The van der Waals surface area contributed by atoms with E-state index in [0.717, 1.165) is 37.5 Å². The first-order valence-corrected chi connectivity index (χ1v) is 5.78. The molecule has 0 aliphatic carbocycles. The maximum atomic E-state index is 5.37. The number of hydrogen-bond acceptors (Lipinski definition) is 3. The predicted molar refractivity (Wildman–Crippen MR) is 65.2 cm³/mol. The molecule has 1 aromatic carbocycles. The lowest BCUT2D eigenvalue weighted by Gasteiger charge is -2.25. The smallest absolute Gasteiger partial charge is 0.142 e. The molecule has 0 atom stereocenters. The van der Waals surface area contributed by atoms with E-state index in [1.165, 1.54) is 5.56 Å². The number of anilines is 1. The van der Waals surface area contributed by atoms with E-state index in [9.17, 15) is 0 Å². The number of rotatable bonds is 3. The quantitative estimate of drug-likeness (QED) is 0.851. The van der Waals surface area contributed by atoms with Crippen molar-refractivity contribution < 1.29 is 9.47 Å². The third-order valence-electron chi connectivity index (χ3n) is 2.94. The van der Waals surface area contributed by atoms with E-state index in [2.05, 4.69) is 30.4 Å². The zero-order valence-electron chi connectivity index (χ0n) is 9.95. The molecule has 16 heavy (non-hydrogen) atoms. The Morgan fingerprint density at radius 1 is 1.31 bits per heavy atom. The van der Waals surface area contributed by atoms with Crippen LogP contribution < -0.4 is 10.1 Å². The first kappa shape index (κ1) is 11.3. The first-order chi connectivity index (χ1) is 7.79. The average molecular weight is 221 g/mol. The number of nitrogens with one attached hydrogen (secondary N) is 1. The summed E-state index contributed by atoms with van der Waals surface area (Å²) in [5, 5.41) is 3.52. The Balaban J connectivity index is 2.07. The Kier molecular flexibility index (Phi) is 3.67. The Labute approximate surface area is 96.8 Å². The highest BCUT2D eigenvalue weighted by atomic mass is 16.5. The standard InChI is InChI=1S/C13H19NO2/c1-10-3-4-12(13(9-10)15-2)14-11-5-7-16-8-6-11/h3-4,9,11,14H,5-8H2,1-2H3. The fourth-order valence-electron chi connectivity index (χ4n) is 1.98. The van der Waals surface area contributed by atoms with Crippen molar-refractivity contribution in [1.82, 2.24) is 0 Å². The van der Waals surface area contributed by atoms with Crippen molar-refractivity contribution in [2.24, 2.45) is 0 Å². The van der Waals surface area contributed by atoms with Crippen LogP contribution in [-0.2, 0) is 4.74 Å². The van der Waals surface area contributed by atoms with Crippen molar-refractivity contribution in [2.75, 3.05) is 25.6 Å². The number of methoxy groups -OCH3 is 1. The zero-order valence-corrected chi connectivity index (χ0v) is 9.95. The van der Waals surface area contributed by atoms with Gasteiger partial charge in [0, 0.05) is 19.3 Å². The van der Waals surface area contributed by atoms with Crippen molar-refractivity contribution in [2.45, 2.75) is 25.8 Å². The molecule has 1 aliphatic heterocycles. The molecule has 0 unspecified atom stereocenters. The van der Waals surface area contributed by atoms with E-state index in [1.807, 2.05) is 0 Å². The van der Waals surface area contributed by atoms with Crippen LogP contribution in [0.15, 0.2) is 18.2 Å². The lowest BCUT2D eigenvalue weighted by molar-refractivity contribution is 0.0904. The van der Waals surface area contributed by atoms with Gasteiger partial charge in [0.1, 0.15) is 5.75 Å². The molecule has 1 aromatic rings. The van der Waals surface area contributed by atoms with Crippen LogP contribution in [0, 0.1) is 6.92 Å². The second-order valence-corrected chi connectivity index (χ2v) is 4.23. The van der Waals surface area contributed by atoms with E-state index in [4.69, 9.17) is 9.47 Å². The Bertz CT molecular complexity index is 346. The number of ether oxygens (including phenoxy) is 2. The minimum Gasteiger partial charge on any atom is -0.495 e. The predicted octanol–water partition coefficient (Wildman–Crippen LogP) is 2.59. The van der Waals surface area contributed by atoms with Gasteiger partial charge in [-0.15, -0.1) is 0 Å². The maximum Gasteiger partial charge on any atom is 0.142 e. The molecular weight excluding hydrogens is 202 g/mol. The molecule has 1 fully saturated rings. The van der Waals surface area contributed by atoms with Crippen LogP contribution >= 0.6 is 0 Å². The van der Waals surface area contributed by atoms with Gasteiger partial charge in [0.25, 0.3) is 0 Å². The minimum atomic E-state index is 0.505. The molecule has 3 heteroatoms. The molecule has 1 aliphatic rings. The lowest BCUT2D eigenvalue weighted by Crippen LogP contribution is -2.27. The Morgan fingerprint density at radius 3 is 2.75 bits per heavy atom. The van der Waals surface area contributed by atoms with Crippen LogP contribution in [0.2, 0.25) is 0 Å². The van der Waals surface area contributed by atoms with E-state index >= 15 is 0 Å². The summed E-state index contributed by atoms with van der Waals surface area (Å²) >= 11 is 0. The summed E-state index contributed by atoms with van der Waals surface area (Å²) in [5.74, 6) is 0.923. The lowest BCUT2D eigenvalue weighted by atomic mass is 10.1. The second kappa shape index (κ2) is 5.21. The van der Waals surface area contributed by atoms with Crippen LogP contribution in [0.3, 0.4) is 0 Å². The fraction of sp³-hybridized carbons (Fsp3) is 0.538. The molecule has 1 saturated heterocycles. The minimum absolute atomic E-state index is 0.505. The van der Waals surface area contributed by atoms with E-state index in [1.54, 1.807) is 7.11 Å². The van der Waals surface area contributed by atoms with Gasteiger partial charge in [-0.1, -0.05) is 6.07 Å². The van der Waals surface area contributed by atoms with Crippen LogP contribution in [0.5, 0.6) is 5.75 Å². The SMILES string of the molecule is COc1cc(C)ccc1NC1CCOCC1. The summed E-state index contributed by atoms with van der Waals surface area (Å²) in [6, 6.07) is 6.75. The maximum absolute atomic E-state index is 5.37. The molecular formula is C13H19NO2. The van der Waals surface area contributed by atoms with E-state index < -0.39 is 0 Å². The van der Waals surface area contributed by atoms with Gasteiger partial charge in [-0.3, -0.25) is 0 Å². The highest BCUT2D eigenvalue weighted by Crippen LogP contribution is 2.27. The Hall–Kier alpha value is -1.22. The van der Waals surface area contributed by atoms with Gasteiger partial charge in [-0.2, -0.15) is 0 Å². The molecule has 1 heterocycles. The summed E-state index contributed by atoms with van der Waals surface area (Å²) in [5.41, 5.74) is 2.30. The van der Waals surface area contributed by atoms with Crippen LogP contribution in [0.25, 0.3) is 0 Å². The Morgan fingerprint density at radius 2 is 2.06 bits per heavy atom. The normalized spacial score (nSPS) is 17.1. The molecule has 0 saturated carbocycles. The number of hydrogen-bond donors (Lipinski definition) is 1. The molecule has 1 N–H and O–H groups in total. The third kappa shape index (κ3) is 2.67. The molecule has 0 amide bonds. The molecule has 3 nitrogen and oxygen atoms in total. The van der Waals surface area contributed by atoms with Crippen LogP contribution in [0.1, 0.15) is 18.4 Å². The van der Waals surface area contributed by atoms with Gasteiger partial charge in [0.2, 0.25) is 0 Å². The van der Waals surface area contributed by atoms with Crippen molar-refractivity contribution in [3.8, 4) is 5.75 Å². The summed E-state index contributed by atoms with van der Waals surface area (Å²) in [6.07, 6.45) is 2.13. The molecule has 0 bridgehead atoms. The third-order valence-corrected chi connectivity index (χ3v) is 2.94. The molecule has 0 radical (unpaired) electrons. The highest BCUT2D eigenvalue weighted by Gasteiger charge is 2.14.